The normalized spacial score (nSPS) is 15.4. The Morgan fingerprint density at radius 3 is 2.11 bits per heavy atom. The van der Waals surface area contributed by atoms with E-state index in [1.54, 1.807) is 19.1 Å². The Morgan fingerprint density at radius 1 is 1.03 bits per heavy atom. The van der Waals surface area contributed by atoms with Gasteiger partial charge >= 0.3 is 18.1 Å². The Balaban J connectivity index is 0.000000572. The zero-order valence-corrected chi connectivity index (χ0v) is 19.4. The molecule has 1 heterocycles. The van der Waals surface area contributed by atoms with Crippen LogP contribution >= 0.6 is 0 Å². The smallest absolute Gasteiger partial charge is 0.490 e. The van der Waals surface area contributed by atoms with Crippen LogP contribution in [0.1, 0.15) is 35.7 Å². The molecule has 0 radical (unpaired) electrons. The number of nitrogens with zero attached hydrogens (tertiary/aromatic N) is 1. The van der Waals surface area contributed by atoms with Crippen molar-refractivity contribution in [2.75, 3.05) is 26.3 Å². The summed E-state index contributed by atoms with van der Waals surface area (Å²) in [5, 5.41) is 16.0. The van der Waals surface area contributed by atoms with E-state index in [1.165, 1.54) is 30.3 Å². The van der Waals surface area contributed by atoms with Gasteiger partial charge in [0, 0.05) is 19.6 Å². The van der Waals surface area contributed by atoms with E-state index in [4.69, 9.17) is 24.5 Å². The van der Waals surface area contributed by atoms with Crippen molar-refractivity contribution in [1.82, 2.24) is 4.90 Å². The lowest BCUT2D eigenvalue weighted by Crippen LogP contribution is -2.44. The van der Waals surface area contributed by atoms with Crippen LogP contribution < -0.4 is 9.47 Å². The van der Waals surface area contributed by atoms with Crippen LogP contribution in [0.5, 0.6) is 11.5 Å². The molecule has 1 fully saturated rings. The fourth-order valence-corrected chi connectivity index (χ4v) is 3.33. The summed E-state index contributed by atoms with van der Waals surface area (Å²) in [7, 11) is 0. The maximum absolute atomic E-state index is 15.1. The SMILES string of the molecule is CCOc1cc(CN2CCC(F)(COc3ccc(C(=O)O)cc3)CC2)ccc1F.O=C(O)C(F)(F)F. The van der Waals surface area contributed by atoms with E-state index in [0.717, 1.165) is 5.56 Å². The molecule has 1 aliphatic heterocycles. The van der Waals surface area contributed by atoms with Crippen molar-refractivity contribution in [2.45, 2.75) is 38.2 Å². The third-order valence-corrected chi connectivity index (χ3v) is 5.30. The molecule has 0 atom stereocenters. The molecule has 0 bridgehead atoms. The maximum atomic E-state index is 15.1. The number of aliphatic carboxylic acids is 1. The van der Waals surface area contributed by atoms with Gasteiger partial charge in [-0.05, 0) is 61.7 Å². The Morgan fingerprint density at radius 2 is 1.61 bits per heavy atom. The van der Waals surface area contributed by atoms with Crippen molar-refractivity contribution in [2.24, 2.45) is 0 Å². The van der Waals surface area contributed by atoms with Crippen molar-refractivity contribution < 1.29 is 51.2 Å². The average Bonchev–Trinajstić information content (AvgIpc) is 2.82. The van der Waals surface area contributed by atoms with Gasteiger partial charge in [0.1, 0.15) is 18.0 Å². The second-order valence-electron chi connectivity index (χ2n) is 8.05. The molecule has 0 unspecified atom stereocenters. The predicted octanol–water partition coefficient (Wildman–Crippen LogP) is 4.94. The number of likely N-dealkylation sites (tertiary alicyclic amines) is 1. The molecule has 7 nitrogen and oxygen atoms in total. The molecule has 2 aromatic rings. The van der Waals surface area contributed by atoms with Gasteiger partial charge in [0.05, 0.1) is 12.2 Å². The van der Waals surface area contributed by atoms with Gasteiger partial charge in [0.25, 0.3) is 0 Å². The number of rotatable bonds is 8. The molecule has 3 rings (SSSR count). The van der Waals surface area contributed by atoms with Crippen molar-refractivity contribution in [3.63, 3.8) is 0 Å². The summed E-state index contributed by atoms with van der Waals surface area (Å²) < 4.78 is 71.3. The van der Waals surface area contributed by atoms with E-state index in [0.29, 0.717) is 44.8 Å². The molecule has 36 heavy (non-hydrogen) atoms. The van der Waals surface area contributed by atoms with Crippen molar-refractivity contribution in [3.05, 3.63) is 59.4 Å². The van der Waals surface area contributed by atoms with E-state index < -0.39 is 23.8 Å². The molecule has 0 aliphatic carbocycles. The summed E-state index contributed by atoms with van der Waals surface area (Å²) in [6.45, 7) is 3.87. The van der Waals surface area contributed by atoms with Crippen LogP contribution in [0.4, 0.5) is 22.0 Å². The van der Waals surface area contributed by atoms with Crippen LogP contribution in [0, 0.1) is 5.82 Å². The number of piperidine rings is 1. The van der Waals surface area contributed by atoms with Gasteiger partial charge in [-0.2, -0.15) is 13.2 Å². The Hall–Kier alpha value is -3.41. The van der Waals surface area contributed by atoms with Crippen LogP contribution in [0.2, 0.25) is 0 Å². The molecule has 1 saturated heterocycles. The molecular weight excluding hydrogens is 493 g/mol. The minimum atomic E-state index is -5.08. The molecular formula is C24H26F5NO6. The van der Waals surface area contributed by atoms with Crippen molar-refractivity contribution in [3.8, 4) is 11.5 Å². The van der Waals surface area contributed by atoms with Gasteiger partial charge in [-0.15, -0.1) is 0 Å². The summed E-state index contributed by atoms with van der Waals surface area (Å²) in [6, 6.07) is 10.7. The second kappa shape index (κ2) is 12.5. The number of carboxylic acid groups (broad SMARTS) is 2. The molecule has 0 saturated carbocycles. The van der Waals surface area contributed by atoms with Gasteiger partial charge in [-0.1, -0.05) is 6.07 Å². The highest BCUT2D eigenvalue weighted by Gasteiger charge is 2.38. The third-order valence-electron chi connectivity index (χ3n) is 5.30. The van der Waals surface area contributed by atoms with Gasteiger partial charge in [0.2, 0.25) is 0 Å². The molecule has 2 aromatic carbocycles. The largest absolute Gasteiger partial charge is 0.491 e. The summed E-state index contributed by atoms with van der Waals surface area (Å²) >= 11 is 0. The van der Waals surface area contributed by atoms with Crippen molar-refractivity contribution in [1.29, 1.82) is 0 Å². The van der Waals surface area contributed by atoms with E-state index >= 15 is 4.39 Å². The highest BCUT2D eigenvalue weighted by atomic mass is 19.4. The van der Waals surface area contributed by atoms with Crippen LogP contribution in [-0.4, -0.2) is 65.2 Å². The summed E-state index contributed by atoms with van der Waals surface area (Å²) in [6.07, 6.45) is -4.42. The first-order chi connectivity index (χ1) is 16.8. The van der Waals surface area contributed by atoms with Crippen LogP contribution in [-0.2, 0) is 11.3 Å². The Bertz CT molecular complexity index is 1020. The quantitative estimate of drug-likeness (QED) is 0.477. The van der Waals surface area contributed by atoms with E-state index in [-0.39, 0.29) is 23.7 Å². The lowest BCUT2D eigenvalue weighted by atomic mass is 9.94. The number of carbonyl (C=O) groups is 2. The third kappa shape index (κ3) is 8.99. The Kier molecular flexibility index (Phi) is 10.0. The number of hydrogen-bond donors (Lipinski definition) is 2. The lowest BCUT2D eigenvalue weighted by molar-refractivity contribution is -0.192. The Labute approximate surface area is 204 Å². The predicted molar refractivity (Wildman–Crippen MR) is 119 cm³/mol. The molecule has 198 valence electrons. The number of carboxylic acids is 2. The topological polar surface area (TPSA) is 96.3 Å². The number of alkyl halides is 4. The fraction of sp³-hybridized carbons (Fsp3) is 0.417. The van der Waals surface area contributed by atoms with E-state index in [9.17, 15) is 22.4 Å². The minimum absolute atomic E-state index is 0.0711. The highest BCUT2D eigenvalue weighted by Crippen LogP contribution is 2.29. The van der Waals surface area contributed by atoms with Crippen LogP contribution in [0.15, 0.2) is 42.5 Å². The number of benzene rings is 2. The number of hydrogen-bond acceptors (Lipinski definition) is 5. The van der Waals surface area contributed by atoms with Gasteiger partial charge in [-0.3, -0.25) is 4.90 Å². The number of aromatic carboxylic acids is 1. The van der Waals surface area contributed by atoms with E-state index in [2.05, 4.69) is 4.90 Å². The van der Waals surface area contributed by atoms with Crippen LogP contribution in [0.25, 0.3) is 0 Å². The molecule has 0 aromatic heterocycles. The van der Waals surface area contributed by atoms with E-state index in [1.807, 2.05) is 0 Å². The number of halogens is 5. The zero-order valence-electron chi connectivity index (χ0n) is 19.4. The zero-order chi connectivity index (χ0) is 26.9. The first-order valence-electron chi connectivity index (χ1n) is 10.9. The van der Waals surface area contributed by atoms with Gasteiger partial charge < -0.3 is 19.7 Å². The highest BCUT2D eigenvalue weighted by molar-refractivity contribution is 5.87. The van der Waals surface area contributed by atoms with Gasteiger partial charge in [0.15, 0.2) is 11.6 Å². The first-order valence-corrected chi connectivity index (χ1v) is 10.9. The fourth-order valence-electron chi connectivity index (χ4n) is 3.33. The first kappa shape index (κ1) is 28.8. The second-order valence-corrected chi connectivity index (χ2v) is 8.05. The van der Waals surface area contributed by atoms with Crippen molar-refractivity contribution >= 4 is 11.9 Å². The summed E-state index contributed by atoms with van der Waals surface area (Å²) in [5.74, 6) is -3.47. The lowest BCUT2D eigenvalue weighted by Gasteiger charge is -2.36. The maximum Gasteiger partial charge on any atom is 0.490 e. The standard InChI is InChI=1S/C22H25F2NO4.C2HF3O2/c1-2-28-20-13-16(3-8-19(20)23)14-25-11-9-22(24,10-12-25)15-29-18-6-4-17(5-7-18)21(26)27;3-2(4,5)1(6)7/h3-8,13H,2,9-12,14-15H2,1H3,(H,26,27);(H,6,7). The average molecular weight is 519 g/mol. The van der Waals surface area contributed by atoms with Crippen LogP contribution in [0.3, 0.4) is 0 Å². The summed E-state index contributed by atoms with van der Waals surface area (Å²) in [4.78, 5) is 21.9. The van der Waals surface area contributed by atoms with Gasteiger partial charge in [-0.25, -0.2) is 18.4 Å². The monoisotopic (exact) mass is 519 g/mol. The molecule has 0 spiro atoms. The molecule has 1 aliphatic rings. The minimum Gasteiger partial charge on any atom is -0.491 e. The molecule has 12 heteroatoms. The molecule has 2 N–H and O–H groups in total. The summed E-state index contributed by atoms with van der Waals surface area (Å²) in [5.41, 5.74) is -0.341. The number of ether oxygens (including phenoxy) is 2. The molecule has 0 amide bonds.